The van der Waals surface area contributed by atoms with E-state index in [1.165, 1.54) is 29.6 Å². The highest BCUT2D eigenvalue weighted by Crippen LogP contribution is 2.25. The Bertz CT molecular complexity index is 669. The second kappa shape index (κ2) is 4.46. The molecule has 0 atom stereocenters. The van der Waals surface area contributed by atoms with Gasteiger partial charge >= 0.3 is 0 Å². The molecule has 0 aromatic carbocycles. The number of nitrogens with one attached hydrogen (secondary N) is 1. The quantitative estimate of drug-likeness (QED) is 0.886. The summed E-state index contributed by atoms with van der Waals surface area (Å²) in [5.74, 6) is 0. The second-order valence-corrected chi connectivity index (χ2v) is 7.31. The van der Waals surface area contributed by atoms with Gasteiger partial charge in [0, 0.05) is 18.1 Å². The largest absolute Gasteiger partial charge is 0.389 e. The topological polar surface area (TPSA) is 83.7 Å². The SMILES string of the molecule is CC(C)(O)CNS(=O)(=O)c1c(Cl)nc2sccn12. The summed E-state index contributed by atoms with van der Waals surface area (Å²) < 4.78 is 27.9. The number of hydrogen-bond donors (Lipinski definition) is 2. The fourth-order valence-electron chi connectivity index (χ4n) is 1.32. The molecule has 0 aliphatic heterocycles. The molecule has 0 amide bonds. The van der Waals surface area contributed by atoms with Crippen molar-refractivity contribution < 1.29 is 13.5 Å². The van der Waals surface area contributed by atoms with Crippen LogP contribution in [-0.4, -0.2) is 35.1 Å². The second-order valence-electron chi connectivity index (χ2n) is 4.40. The first-order chi connectivity index (χ1) is 8.21. The Morgan fingerprint density at radius 1 is 1.61 bits per heavy atom. The maximum absolute atomic E-state index is 12.1. The van der Waals surface area contributed by atoms with Gasteiger partial charge in [-0.25, -0.2) is 18.1 Å². The summed E-state index contributed by atoms with van der Waals surface area (Å²) >= 11 is 7.12. The summed E-state index contributed by atoms with van der Waals surface area (Å²) in [6.45, 7) is 2.91. The van der Waals surface area contributed by atoms with Gasteiger partial charge in [-0.2, -0.15) is 0 Å². The molecule has 2 N–H and O–H groups in total. The van der Waals surface area contributed by atoms with E-state index in [0.717, 1.165) is 0 Å². The van der Waals surface area contributed by atoms with Crippen LogP contribution in [0.1, 0.15) is 13.8 Å². The van der Waals surface area contributed by atoms with Crippen molar-refractivity contribution in [3.05, 3.63) is 16.7 Å². The molecule has 2 heterocycles. The Labute approximate surface area is 113 Å². The lowest BCUT2D eigenvalue weighted by molar-refractivity contribution is 0.0857. The molecule has 2 rings (SSSR count). The fourth-order valence-corrected chi connectivity index (χ4v) is 3.97. The zero-order valence-electron chi connectivity index (χ0n) is 9.71. The smallest absolute Gasteiger partial charge is 0.259 e. The summed E-state index contributed by atoms with van der Waals surface area (Å²) in [4.78, 5) is 4.45. The van der Waals surface area contributed by atoms with Gasteiger partial charge in [0.2, 0.25) is 0 Å². The number of thiazole rings is 1. The summed E-state index contributed by atoms with van der Waals surface area (Å²) in [5.41, 5.74) is -1.14. The average molecular weight is 310 g/mol. The molecule has 0 saturated carbocycles. The van der Waals surface area contributed by atoms with E-state index in [1.807, 2.05) is 0 Å². The van der Waals surface area contributed by atoms with Crippen LogP contribution in [0.15, 0.2) is 16.6 Å². The zero-order valence-corrected chi connectivity index (χ0v) is 12.1. The summed E-state index contributed by atoms with van der Waals surface area (Å²) in [7, 11) is -3.81. The Hall–Kier alpha value is -0.670. The van der Waals surface area contributed by atoms with Crippen molar-refractivity contribution in [2.75, 3.05) is 6.54 Å². The summed E-state index contributed by atoms with van der Waals surface area (Å²) in [6, 6.07) is 0. The third kappa shape index (κ3) is 2.67. The molecule has 0 aliphatic rings. The number of nitrogens with zero attached hydrogens (tertiary/aromatic N) is 2. The zero-order chi connectivity index (χ0) is 13.6. The highest BCUT2D eigenvalue weighted by atomic mass is 35.5. The minimum Gasteiger partial charge on any atom is -0.389 e. The Kier molecular flexibility index (Phi) is 3.41. The highest BCUT2D eigenvalue weighted by Gasteiger charge is 2.26. The normalized spacial score (nSPS) is 13.3. The number of aliphatic hydroxyl groups is 1. The third-order valence-electron chi connectivity index (χ3n) is 2.13. The Morgan fingerprint density at radius 3 is 2.89 bits per heavy atom. The van der Waals surface area contributed by atoms with E-state index in [-0.39, 0.29) is 16.7 Å². The molecule has 9 heteroatoms. The van der Waals surface area contributed by atoms with E-state index in [4.69, 9.17) is 11.6 Å². The van der Waals surface area contributed by atoms with Crippen LogP contribution in [0.3, 0.4) is 0 Å². The molecule has 0 bridgehead atoms. The molecule has 0 saturated heterocycles. The van der Waals surface area contributed by atoms with Crippen molar-refractivity contribution in [2.45, 2.75) is 24.5 Å². The molecule has 100 valence electrons. The molecular formula is C9H12ClN3O3S2. The average Bonchev–Trinajstić information content (AvgIpc) is 2.72. The third-order valence-corrected chi connectivity index (χ3v) is 4.68. The number of hydrogen-bond acceptors (Lipinski definition) is 5. The van der Waals surface area contributed by atoms with Gasteiger partial charge in [-0.3, -0.25) is 4.40 Å². The number of fused-ring (bicyclic) bond motifs is 1. The van der Waals surface area contributed by atoms with Crippen LogP contribution < -0.4 is 4.72 Å². The molecule has 18 heavy (non-hydrogen) atoms. The molecule has 2 aromatic heterocycles. The first-order valence-electron chi connectivity index (χ1n) is 5.04. The minimum atomic E-state index is -3.81. The van der Waals surface area contributed by atoms with Crippen molar-refractivity contribution in [2.24, 2.45) is 0 Å². The molecule has 0 fully saturated rings. The lowest BCUT2D eigenvalue weighted by Gasteiger charge is -2.17. The van der Waals surface area contributed by atoms with Gasteiger partial charge in [0.15, 0.2) is 15.1 Å². The first-order valence-corrected chi connectivity index (χ1v) is 7.78. The number of halogens is 1. The molecule has 6 nitrogen and oxygen atoms in total. The standard InChI is InChI=1S/C9H12ClN3O3S2/c1-9(2,14)5-11-18(15,16)7-6(10)12-8-13(7)3-4-17-8/h3-4,11,14H,5H2,1-2H3. The number of rotatable bonds is 4. The molecule has 0 spiro atoms. The minimum absolute atomic E-state index is 0.0786. The number of aromatic nitrogens is 2. The van der Waals surface area contributed by atoms with Gasteiger partial charge in [-0.1, -0.05) is 11.6 Å². The van der Waals surface area contributed by atoms with Gasteiger partial charge in [0.05, 0.1) is 5.60 Å². The number of imidazole rings is 1. The predicted molar refractivity (Wildman–Crippen MR) is 69.6 cm³/mol. The van der Waals surface area contributed by atoms with Crippen LogP contribution in [0.2, 0.25) is 5.15 Å². The van der Waals surface area contributed by atoms with Gasteiger partial charge in [0.25, 0.3) is 10.0 Å². The molecule has 0 aliphatic carbocycles. The van der Waals surface area contributed by atoms with Crippen molar-refractivity contribution >= 4 is 37.9 Å². The highest BCUT2D eigenvalue weighted by molar-refractivity contribution is 7.89. The van der Waals surface area contributed by atoms with Crippen molar-refractivity contribution in [3.63, 3.8) is 0 Å². The molecular weight excluding hydrogens is 298 g/mol. The van der Waals surface area contributed by atoms with E-state index in [9.17, 15) is 13.5 Å². The molecule has 0 unspecified atom stereocenters. The Morgan fingerprint density at radius 2 is 2.28 bits per heavy atom. The molecule has 0 radical (unpaired) electrons. The summed E-state index contributed by atoms with van der Waals surface area (Å²) in [5, 5.41) is 11.1. The number of sulfonamides is 1. The van der Waals surface area contributed by atoms with E-state index in [0.29, 0.717) is 4.96 Å². The van der Waals surface area contributed by atoms with E-state index < -0.39 is 15.6 Å². The summed E-state index contributed by atoms with van der Waals surface area (Å²) in [6.07, 6.45) is 1.58. The maximum Gasteiger partial charge on any atom is 0.259 e. The van der Waals surface area contributed by atoms with Gasteiger partial charge < -0.3 is 5.11 Å². The monoisotopic (exact) mass is 309 g/mol. The van der Waals surface area contributed by atoms with Crippen molar-refractivity contribution in [1.82, 2.24) is 14.1 Å². The van der Waals surface area contributed by atoms with Crippen molar-refractivity contribution in [3.8, 4) is 0 Å². The van der Waals surface area contributed by atoms with Crippen LogP contribution in [-0.2, 0) is 10.0 Å². The van der Waals surface area contributed by atoms with Crippen LogP contribution in [0.4, 0.5) is 0 Å². The lowest BCUT2D eigenvalue weighted by atomic mass is 10.1. The fraction of sp³-hybridized carbons (Fsp3) is 0.444. The van der Waals surface area contributed by atoms with Crippen LogP contribution in [0, 0.1) is 0 Å². The maximum atomic E-state index is 12.1. The van der Waals surface area contributed by atoms with Crippen LogP contribution in [0.25, 0.3) is 4.96 Å². The van der Waals surface area contributed by atoms with Crippen LogP contribution in [0.5, 0.6) is 0 Å². The van der Waals surface area contributed by atoms with E-state index in [2.05, 4.69) is 9.71 Å². The van der Waals surface area contributed by atoms with Gasteiger partial charge in [0.1, 0.15) is 0 Å². The lowest BCUT2D eigenvalue weighted by Crippen LogP contribution is -2.38. The Balaban J connectivity index is 2.40. The van der Waals surface area contributed by atoms with E-state index in [1.54, 1.807) is 11.6 Å². The van der Waals surface area contributed by atoms with Gasteiger partial charge in [-0.15, -0.1) is 11.3 Å². The predicted octanol–water partition coefficient (Wildman–Crippen LogP) is 1.10. The first kappa shape index (κ1) is 13.8. The van der Waals surface area contributed by atoms with Crippen molar-refractivity contribution in [1.29, 1.82) is 0 Å². The molecule has 2 aromatic rings. The van der Waals surface area contributed by atoms with E-state index >= 15 is 0 Å². The van der Waals surface area contributed by atoms with Crippen LogP contribution >= 0.6 is 22.9 Å². The van der Waals surface area contributed by atoms with Gasteiger partial charge in [-0.05, 0) is 13.8 Å².